The van der Waals surface area contributed by atoms with Gasteiger partial charge in [-0.1, -0.05) is 0 Å². The number of fused-ring (bicyclic) bond motifs is 1. The second kappa shape index (κ2) is 10.1. The molecular weight excluding hydrogens is 335 g/mol. The first kappa shape index (κ1) is 22.6. The Balaban J connectivity index is 0. The minimum Gasteiger partial charge on any atom is -0.399 e. The monoisotopic (exact) mass is 356 g/mol. The molecule has 2 rings (SSSR count). The maximum Gasteiger partial charge on any atom is 0.135 e. The Morgan fingerprint density at radius 2 is 1.90 bits per heavy atom. The fraction of sp³-hybridized carbons (Fsp3) is 0.462. The number of anilines is 1. The van der Waals surface area contributed by atoms with Crippen molar-refractivity contribution in [3.63, 3.8) is 0 Å². The molecule has 0 saturated carbocycles. The van der Waals surface area contributed by atoms with Gasteiger partial charge in [0.2, 0.25) is 0 Å². The van der Waals surface area contributed by atoms with Crippen molar-refractivity contribution in [2.75, 3.05) is 26.4 Å². The minimum atomic E-state index is -0.0451. The SMILES string of the molecule is CN(C)CCCn1c(CO)nc2cc(N)ccc21.Cl.Cl.Cl. The van der Waals surface area contributed by atoms with Crippen LogP contribution in [0.4, 0.5) is 5.69 Å². The summed E-state index contributed by atoms with van der Waals surface area (Å²) in [5.74, 6) is 0.703. The van der Waals surface area contributed by atoms with E-state index in [1.807, 2.05) is 18.2 Å². The number of aliphatic hydroxyl groups excluding tert-OH is 1. The average Bonchev–Trinajstić information content (AvgIpc) is 2.66. The summed E-state index contributed by atoms with van der Waals surface area (Å²) in [6.45, 7) is 1.82. The molecule has 8 heteroatoms. The molecule has 0 aliphatic rings. The number of nitrogens with zero attached hydrogens (tertiary/aromatic N) is 3. The second-order valence-corrected chi connectivity index (χ2v) is 4.74. The maximum atomic E-state index is 9.37. The number of imidazole rings is 1. The molecular formula is C13H23Cl3N4O. The number of nitrogen functional groups attached to an aromatic ring is 1. The number of hydrogen-bond donors (Lipinski definition) is 2. The van der Waals surface area contributed by atoms with Crippen LogP contribution in [0, 0.1) is 0 Å². The van der Waals surface area contributed by atoms with Crippen LogP contribution in [0.3, 0.4) is 0 Å². The number of hydrogen-bond acceptors (Lipinski definition) is 4. The van der Waals surface area contributed by atoms with E-state index in [-0.39, 0.29) is 43.8 Å². The summed E-state index contributed by atoms with van der Waals surface area (Å²) in [7, 11) is 4.11. The van der Waals surface area contributed by atoms with Crippen LogP contribution in [-0.2, 0) is 13.2 Å². The molecule has 5 nitrogen and oxygen atoms in total. The van der Waals surface area contributed by atoms with Gasteiger partial charge in [-0.25, -0.2) is 4.98 Å². The van der Waals surface area contributed by atoms with Crippen LogP contribution in [-0.4, -0.2) is 40.2 Å². The second-order valence-electron chi connectivity index (χ2n) is 4.74. The number of aromatic nitrogens is 2. The van der Waals surface area contributed by atoms with Crippen LogP contribution >= 0.6 is 37.2 Å². The van der Waals surface area contributed by atoms with Gasteiger partial charge in [-0.3, -0.25) is 0 Å². The molecule has 1 aromatic heterocycles. The molecule has 0 spiro atoms. The molecule has 0 bridgehead atoms. The van der Waals surface area contributed by atoms with E-state index in [4.69, 9.17) is 5.73 Å². The van der Waals surface area contributed by atoms with Crippen molar-refractivity contribution >= 4 is 53.9 Å². The molecule has 0 fully saturated rings. The van der Waals surface area contributed by atoms with Crippen LogP contribution in [0.5, 0.6) is 0 Å². The van der Waals surface area contributed by atoms with Gasteiger partial charge < -0.3 is 20.3 Å². The Labute approximate surface area is 143 Å². The topological polar surface area (TPSA) is 67.3 Å². The molecule has 122 valence electrons. The van der Waals surface area contributed by atoms with Crippen LogP contribution < -0.4 is 5.73 Å². The number of nitrogens with two attached hydrogens (primary N) is 1. The smallest absolute Gasteiger partial charge is 0.135 e. The Hall–Kier alpha value is -0.720. The van der Waals surface area contributed by atoms with Gasteiger partial charge in [-0.15, -0.1) is 37.2 Å². The lowest BCUT2D eigenvalue weighted by atomic mass is 10.3. The molecule has 1 heterocycles. The Morgan fingerprint density at radius 1 is 1.24 bits per heavy atom. The van der Waals surface area contributed by atoms with E-state index in [0.29, 0.717) is 11.5 Å². The third kappa shape index (κ3) is 5.52. The Kier molecular flexibility index (Phi) is 10.8. The molecule has 0 atom stereocenters. The maximum absolute atomic E-state index is 9.37. The zero-order chi connectivity index (χ0) is 13.1. The van der Waals surface area contributed by atoms with E-state index < -0.39 is 0 Å². The first-order valence-corrected chi connectivity index (χ1v) is 6.12. The minimum absolute atomic E-state index is 0. The molecule has 1 aromatic carbocycles. The lowest BCUT2D eigenvalue weighted by Crippen LogP contribution is -2.15. The van der Waals surface area contributed by atoms with Gasteiger partial charge in [0.05, 0.1) is 11.0 Å². The number of rotatable bonds is 5. The molecule has 0 aliphatic carbocycles. The fourth-order valence-electron chi connectivity index (χ4n) is 2.11. The number of halogens is 3. The van der Waals surface area contributed by atoms with Crippen molar-refractivity contribution in [1.82, 2.24) is 14.5 Å². The number of aryl methyl sites for hydroxylation is 1. The molecule has 0 amide bonds. The first-order chi connectivity index (χ1) is 8.61. The molecule has 0 radical (unpaired) electrons. The van der Waals surface area contributed by atoms with E-state index in [0.717, 1.165) is 30.5 Å². The van der Waals surface area contributed by atoms with E-state index in [1.165, 1.54) is 0 Å². The zero-order valence-electron chi connectivity index (χ0n) is 12.2. The third-order valence-corrected chi connectivity index (χ3v) is 2.98. The largest absolute Gasteiger partial charge is 0.399 e. The van der Waals surface area contributed by atoms with E-state index in [1.54, 1.807) is 0 Å². The van der Waals surface area contributed by atoms with Crippen molar-refractivity contribution < 1.29 is 5.11 Å². The quantitative estimate of drug-likeness (QED) is 0.806. The van der Waals surface area contributed by atoms with E-state index >= 15 is 0 Å². The highest BCUT2D eigenvalue weighted by Gasteiger charge is 2.09. The lowest BCUT2D eigenvalue weighted by molar-refractivity contribution is 0.264. The van der Waals surface area contributed by atoms with Crippen molar-refractivity contribution in [2.45, 2.75) is 19.6 Å². The van der Waals surface area contributed by atoms with Crippen molar-refractivity contribution in [2.24, 2.45) is 0 Å². The fourth-order valence-corrected chi connectivity index (χ4v) is 2.11. The lowest BCUT2D eigenvalue weighted by Gasteiger charge is -2.11. The van der Waals surface area contributed by atoms with Crippen LogP contribution in [0.1, 0.15) is 12.2 Å². The van der Waals surface area contributed by atoms with Gasteiger partial charge in [0.1, 0.15) is 12.4 Å². The molecule has 0 saturated heterocycles. The first-order valence-electron chi connectivity index (χ1n) is 6.12. The highest BCUT2D eigenvalue weighted by atomic mass is 35.5. The summed E-state index contributed by atoms with van der Waals surface area (Å²) in [4.78, 5) is 6.56. The average molecular weight is 358 g/mol. The molecule has 21 heavy (non-hydrogen) atoms. The predicted octanol–water partition coefficient (Wildman–Crippen LogP) is 2.33. The normalized spacial score (nSPS) is 9.90. The molecule has 0 aliphatic heterocycles. The number of benzene rings is 1. The third-order valence-electron chi connectivity index (χ3n) is 2.98. The summed E-state index contributed by atoms with van der Waals surface area (Å²) >= 11 is 0. The van der Waals surface area contributed by atoms with Crippen LogP contribution in [0.2, 0.25) is 0 Å². The van der Waals surface area contributed by atoms with Gasteiger partial charge in [0.25, 0.3) is 0 Å². The Bertz CT molecular complexity index is 545. The summed E-state index contributed by atoms with van der Waals surface area (Å²) in [6, 6.07) is 5.68. The van der Waals surface area contributed by atoms with Crippen LogP contribution in [0.15, 0.2) is 18.2 Å². The van der Waals surface area contributed by atoms with Crippen molar-refractivity contribution in [1.29, 1.82) is 0 Å². The van der Waals surface area contributed by atoms with Gasteiger partial charge >= 0.3 is 0 Å². The van der Waals surface area contributed by atoms with Gasteiger partial charge in [0.15, 0.2) is 0 Å². The highest BCUT2D eigenvalue weighted by Crippen LogP contribution is 2.19. The summed E-state index contributed by atoms with van der Waals surface area (Å²) in [5, 5.41) is 9.37. The van der Waals surface area contributed by atoms with Gasteiger partial charge in [0, 0.05) is 12.2 Å². The van der Waals surface area contributed by atoms with E-state index in [9.17, 15) is 5.11 Å². The summed E-state index contributed by atoms with van der Waals surface area (Å²) in [6.07, 6.45) is 1.02. The standard InChI is InChI=1S/C13H20N4O.3ClH/c1-16(2)6-3-7-17-12-5-4-10(14)8-11(12)15-13(17)9-18;;;/h4-5,8,18H,3,6-7,9,14H2,1-2H3;3*1H. The number of aliphatic hydroxyl groups is 1. The predicted molar refractivity (Wildman–Crippen MR) is 95.0 cm³/mol. The Morgan fingerprint density at radius 3 is 2.48 bits per heavy atom. The zero-order valence-corrected chi connectivity index (χ0v) is 14.6. The van der Waals surface area contributed by atoms with Crippen molar-refractivity contribution in [3.05, 3.63) is 24.0 Å². The summed E-state index contributed by atoms with van der Waals surface area (Å²) < 4.78 is 2.07. The summed E-state index contributed by atoms with van der Waals surface area (Å²) in [5.41, 5.74) is 8.33. The van der Waals surface area contributed by atoms with Gasteiger partial charge in [-0.05, 0) is 45.3 Å². The van der Waals surface area contributed by atoms with Crippen molar-refractivity contribution in [3.8, 4) is 0 Å². The molecule has 0 unspecified atom stereocenters. The van der Waals surface area contributed by atoms with Crippen LogP contribution in [0.25, 0.3) is 11.0 Å². The van der Waals surface area contributed by atoms with E-state index in [2.05, 4.69) is 28.5 Å². The highest BCUT2D eigenvalue weighted by molar-refractivity contribution is 5.86. The molecule has 2 aromatic rings. The molecule has 3 N–H and O–H groups in total. The van der Waals surface area contributed by atoms with Gasteiger partial charge in [-0.2, -0.15) is 0 Å².